The van der Waals surface area contributed by atoms with E-state index in [9.17, 15) is 25.5 Å². The SMILES string of the molecule is Cc1ccc(-c2nc(-c3cc(O)c(O)c([N+](=O)[O-])c3)cs2)c(Cl)[n+]1[O-]. The first-order valence-corrected chi connectivity index (χ1v) is 8.10. The molecule has 0 saturated carbocycles. The number of aryl methyl sites for hydroxylation is 1. The lowest BCUT2D eigenvalue weighted by Crippen LogP contribution is -2.31. The number of halogens is 1. The number of pyridine rings is 1. The van der Waals surface area contributed by atoms with Gasteiger partial charge < -0.3 is 15.4 Å². The fourth-order valence-electron chi connectivity index (χ4n) is 2.19. The van der Waals surface area contributed by atoms with E-state index in [0.29, 0.717) is 26.7 Å². The number of thiazole rings is 1. The monoisotopic (exact) mass is 379 g/mol. The van der Waals surface area contributed by atoms with Gasteiger partial charge in [-0.25, -0.2) is 4.98 Å². The van der Waals surface area contributed by atoms with Crippen LogP contribution in [0.5, 0.6) is 11.5 Å². The Balaban J connectivity index is 2.09. The molecule has 10 heteroatoms. The van der Waals surface area contributed by atoms with Crippen molar-refractivity contribution >= 4 is 28.6 Å². The zero-order valence-electron chi connectivity index (χ0n) is 12.6. The first kappa shape index (κ1) is 16.9. The lowest BCUT2D eigenvalue weighted by atomic mass is 10.1. The highest BCUT2D eigenvalue weighted by Gasteiger charge is 2.22. The molecule has 1 aromatic carbocycles. The summed E-state index contributed by atoms with van der Waals surface area (Å²) in [6, 6.07) is 5.54. The van der Waals surface area contributed by atoms with E-state index in [0.717, 1.165) is 6.07 Å². The zero-order valence-corrected chi connectivity index (χ0v) is 14.2. The minimum Gasteiger partial charge on any atom is -0.617 e. The van der Waals surface area contributed by atoms with Crippen molar-refractivity contribution in [3.8, 4) is 33.3 Å². The summed E-state index contributed by atoms with van der Waals surface area (Å²) in [5, 5.41) is 44.1. The Morgan fingerprint density at radius 2 is 2.04 bits per heavy atom. The molecule has 3 rings (SSSR count). The van der Waals surface area contributed by atoms with Crippen LogP contribution in [0.1, 0.15) is 5.69 Å². The molecule has 3 aromatic rings. The summed E-state index contributed by atoms with van der Waals surface area (Å²) in [4.78, 5) is 14.5. The predicted molar refractivity (Wildman–Crippen MR) is 91.7 cm³/mol. The number of hydrogen-bond donors (Lipinski definition) is 2. The normalized spacial score (nSPS) is 10.8. The molecule has 0 unspecified atom stereocenters. The van der Waals surface area contributed by atoms with E-state index >= 15 is 0 Å². The van der Waals surface area contributed by atoms with E-state index in [-0.39, 0.29) is 10.7 Å². The van der Waals surface area contributed by atoms with Gasteiger partial charge in [-0.2, -0.15) is 4.73 Å². The summed E-state index contributed by atoms with van der Waals surface area (Å²) in [5.41, 5.74) is 0.825. The predicted octanol–water partition coefficient (Wildman–Crippen LogP) is 3.39. The summed E-state index contributed by atoms with van der Waals surface area (Å²) < 4.78 is 0.579. The van der Waals surface area contributed by atoms with E-state index in [1.165, 1.54) is 17.4 Å². The molecule has 0 aliphatic heterocycles. The van der Waals surface area contributed by atoms with Crippen molar-refractivity contribution in [2.45, 2.75) is 6.92 Å². The van der Waals surface area contributed by atoms with Crippen LogP contribution in [0.25, 0.3) is 21.8 Å². The van der Waals surface area contributed by atoms with Crippen molar-refractivity contribution in [3.63, 3.8) is 0 Å². The van der Waals surface area contributed by atoms with Crippen LogP contribution < -0.4 is 4.73 Å². The van der Waals surface area contributed by atoms with Crippen molar-refractivity contribution in [1.29, 1.82) is 0 Å². The van der Waals surface area contributed by atoms with E-state index in [1.54, 1.807) is 24.4 Å². The first-order valence-electron chi connectivity index (χ1n) is 6.85. The van der Waals surface area contributed by atoms with Gasteiger partial charge in [-0.3, -0.25) is 10.1 Å². The van der Waals surface area contributed by atoms with Crippen LogP contribution in [0.2, 0.25) is 5.15 Å². The molecule has 2 aromatic heterocycles. The van der Waals surface area contributed by atoms with E-state index in [2.05, 4.69) is 4.98 Å². The Labute approximate surface area is 149 Å². The summed E-state index contributed by atoms with van der Waals surface area (Å²) >= 11 is 7.24. The molecular formula is C15H10ClN3O5S. The number of aromatic nitrogens is 2. The van der Waals surface area contributed by atoms with Gasteiger partial charge >= 0.3 is 5.69 Å². The zero-order chi connectivity index (χ0) is 18.3. The minimum atomic E-state index is -0.807. The third-order valence-corrected chi connectivity index (χ3v) is 4.74. The highest BCUT2D eigenvalue weighted by atomic mass is 35.5. The Morgan fingerprint density at radius 1 is 1.32 bits per heavy atom. The summed E-state index contributed by atoms with van der Waals surface area (Å²) in [6.07, 6.45) is 0. The maximum absolute atomic E-state index is 11.9. The van der Waals surface area contributed by atoms with Crippen molar-refractivity contribution in [2.24, 2.45) is 0 Å². The molecule has 2 N–H and O–H groups in total. The number of phenolic OH excluding ortho intramolecular Hbond substituents is 2. The molecule has 0 saturated heterocycles. The summed E-state index contributed by atoms with van der Waals surface area (Å²) in [5.74, 6) is -1.43. The number of nitro groups is 1. The van der Waals surface area contributed by atoms with Gasteiger partial charge in [0.05, 0.1) is 16.2 Å². The second kappa shape index (κ2) is 6.19. The lowest BCUT2D eigenvalue weighted by Gasteiger charge is -2.05. The van der Waals surface area contributed by atoms with Crippen molar-refractivity contribution in [3.05, 3.63) is 55.8 Å². The number of phenols is 2. The summed E-state index contributed by atoms with van der Waals surface area (Å²) in [7, 11) is 0. The van der Waals surface area contributed by atoms with E-state index in [1.807, 2.05) is 0 Å². The van der Waals surface area contributed by atoms with Crippen LogP contribution in [0.3, 0.4) is 0 Å². The molecule has 8 nitrogen and oxygen atoms in total. The molecule has 0 amide bonds. The number of nitrogens with zero attached hydrogens (tertiary/aromatic N) is 3. The molecule has 0 spiro atoms. The number of hydrogen-bond acceptors (Lipinski definition) is 7. The molecule has 0 aliphatic rings. The maximum Gasteiger partial charge on any atom is 0.315 e. The fraction of sp³-hybridized carbons (Fsp3) is 0.0667. The van der Waals surface area contributed by atoms with Crippen LogP contribution in [0.4, 0.5) is 5.69 Å². The topological polar surface area (TPSA) is 123 Å². The molecule has 0 aliphatic carbocycles. The quantitative estimate of drug-likeness (QED) is 0.179. The van der Waals surface area contributed by atoms with Gasteiger partial charge in [0, 0.05) is 30.0 Å². The number of rotatable bonds is 3. The molecule has 0 atom stereocenters. The molecule has 0 radical (unpaired) electrons. The van der Waals surface area contributed by atoms with Gasteiger partial charge in [0.25, 0.3) is 5.15 Å². The third-order valence-electron chi connectivity index (χ3n) is 3.51. The lowest BCUT2D eigenvalue weighted by molar-refractivity contribution is -0.609. The number of aromatic hydroxyl groups is 2. The van der Waals surface area contributed by atoms with Crippen molar-refractivity contribution < 1.29 is 19.9 Å². The van der Waals surface area contributed by atoms with Crippen LogP contribution in [0.15, 0.2) is 29.6 Å². The highest BCUT2D eigenvalue weighted by molar-refractivity contribution is 7.13. The van der Waals surface area contributed by atoms with Gasteiger partial charge in [-0.1, -0.05) is 0 Å². The standard InChI is InChI=1S/C15H10ClN3O5S/c1-7-2-3-9(14(16)18(7)22)15-17-10(6-25-15)8-4-11(19(23)24)13(21)12(20)5-8/h2-6,20-21H,1H3. The molecular weight excluding hydrogens is 370 g/mol. The average Bonchev–Trinajstić information content (AvgIpc) is 3.04. The van der Waals surface area contributed by atoms with Crippen molar-refractivity contribution in [1.82, 2.24) is 4.98 Å². The minimum absolute atomic E-state index is 0.0274. The molecule has 25 heavy (non-hydrogen) atoms. The van der Waals surface area contributed by atoms with Crippen LogP contribution in [0, 0.1) is 22.2 Å². The Morgan fingerprint density at radius 3 is 2.72 bits per heavy atom. The number of benzene rings is 1. The van der Waals surface area contributed by atoms with Gasteiger partial charge in [0.15, 0.2) is 11.4 Å². The van der Waals surface area contributed by atoms with Gasteiger partial charge in [-0.15, -0.1) is 11.3 Å². The highest BCUT2D eigenvalue weighted by Crippen LogP contribution is 2.40. The van der Waals surface area contributed by atoms with Gasteiger partial charge in [0.1, 0.15) is 5.01 Å². The van der Waals surface area contributed by atoms with Crippen LogP contribution in [-0.2, 0) is 0 Å². The second-order valence-electron chi connectivity index (χ2n) is 5.13. The molecule has 0 fully saturated rings. The molecule has 0 bridgehead atoms. The van der Waals surface area contributed by atoms with E-state index < -0.39 is 22.1 Å². The van der Waals surface area contributed by atoms with Crippen molar-refractivity contribution in [2.75, 3.05) is 0 Å². The molecule has 2 heterocycles. The summed E-state index contributed by atoms with van der Waals surface area (Å²) in [6.45, 7) is 1.62. The second-order valence-corrected chi connectivity index (χ2v) is 6.35. The third kappa shape index (κ3) is 2.94. The largest absolute Gasteiger partial charge is 0.617 e. The van der Waals surface area contributed by atoms with Gasteiger partial charge in [0.2, 0.25) is 5.75 Å². The van der Waals surface area contributed by atoms with Crippen LogP contribution in [-0.4, -0.2) is 20.1 Å². The Bertz CT molecular complexity index is 1010. The fourth-order valence-corrected chi connectivity index (χ4v) is 3.38. The smallest absolute Gasteiger partial charge is 0.315 e. The average molecular weight is 380 g/mol. The Hall–Kier alpha value is -2.91. The van der Waals surface area contributed by atoms with Gasteiger partial charge in [-0.05, 0) is 23.7 Å². The Kier molecular flexibility index (Phi) is 4.19. The number of nitro benzene ring substituents is 1. The molecule has 128 valence electrons. The van der Waals surface area contributed by atoms with E-state index in [4.69, 9.17) is 11.6 Å². The first-order chi connectivity index (χ1) is 11.8. The van der Waals surface area contributed by atoms with Crippen LogP contribution >= 0.6 is 22.9 Å². The maximum atomic E-state index is 11.9.